The highest BCUT2D eigenvalue weighted by Crippen LogP contribution is 2.12. The molecular weight excluding hydrogens is 212 g/mol. The summed E-state index contributed by atoms with van der Waals surface area (Å²) in [6.45, 7) is 6.05. The topological polar surface area (TPSA) is 42.7 Å². The van der Waals surface area contributed by atoms with Gasteiger partial charge in [-0.2, -0.15) is 5.10 Å². The molecule has 0 aromatic carbocycles. The molecular formula is C13H18N4. The van der Waals surface area contributed by atoms with Crippen LogP contribution in [0.25, 0.3) is 5.69 Å². The fourth-order valence-corrected chi connectivity index (χ4v) is 1.72. The zero-order valence-electron chi connectivity index (χ0n) is 10.3. The Bertz CT molecular complexity index is 476. The number of nitrogens with one attached hydrogen (secondary N) is 1. The van der Waals surface area contributed by atoms with Crippen LogP contribution in [-0.4, -0.2) is 21.3 Å². The lowest BCUT2D eigenvalue weighted by molar-refractivity contribution is 0.668. The maximum absolute atomic E-state index is 4.34. The molecule has 2 aromatic rings. The molecule has 2 aromatic heterocycles. The highest BCUT2D eigenvalue weighted by molar-refractivity contribution is 5.38. The van der Waals surface area contributed by atoms with Gasteiger partial charge in [-0.05, 0) is 31.5 Å². The van der Waals surface area contributed by atoms with Crippen LogP contribution in [0, 0.1) is 6.92 Å². The van der Waals surface area contributed by atoms with E-state index in [0.717, 1.165) is 30.8 Å². The van der Waals surface area contributed by atoms with Gasteiger partial charge in [0.1, 0.15) is 0 Å². The van der Waals surface area contributed by atoms with Gasteiger partial charge in [0.15, 0.2) is 0 Å². The van der Waals surface area contributed by atoms with E-state index in [4.69, 9.17) is 0 Å². The lowest BCUT2D eigenvalue weighted by Crippen LogP contribution is -2.15. The molecule has 4 heteroatoms. The van der Waals surface area contributed by atoms with E-state index in [1.165, 1.54) is 5.56 Å². The maximum atomic E-state index is 4.34. The Morgan fingerprint density at radius 1 is 1.35 bits per heavy atom. The number of aromatic nitrogens is 3. The van der Waals surface area contributed by atoms with E-state index in [-0.39, 0.29) is 0 Å². The summed E-state index contributed by atoms with van der Waals surface area (Å²) in [5.74, 6) is 0. The molecule has 0 unspecified atom stereocenters. The number of rotatable bonds is 5. The van der Waals surface area contributed by atoms with Gasteiger partial charge in [0.25, 0.3) is 0 Å². The summed E-state index contributed by atoms with van der Waals surface area (Å²) in [6, 6.07) is 2.00. The molecule has 0 aliphatic rings. The van der Waals surface area contributed by atoms with E-state index in [1.54, 1.807) is 6.20 Å². The van der Waals surface area contributed by atoms with E-state index < -0.39 is 0 Å². The van der Waals surface area contributed by atoms with E-state index in [2.05, 4.69) is 22.3 Å². The van der Waals surface area contributed by atoms with Crippen molar-refractivity contribution in [3.8, 4) is 5.69 Å². The number of pyridine rings is 1. The van der Waals surface area contributed by atoms with Crippen molar-refractivity contribution < 1.29 is 0 Å². The smallest absolute Gasteiger partial charge is 0.0721 e. The maximum Gasteiger partial charge on any atom is 0.0721 e. The minimum Gasteiger partial charge on any atom is -0.313 e. The lowest BCUT2D eigenvalue weighted by Gasteiger charge is -2.09. The molecule has 0 amide bonds. The van der Waals surface area contributed by atoms with Crippen LogP contribution in [0.3, 0.4) is 0 Å². The molecule has 0 fully saturated rings. The number of aryl methyl sites for hydroxylation is 1. The average molecular weight is 230 g/mol. The van der Waals surface area contributed by atoms with E-state index in [0.29, 0.717) is 0 Å². The van der Waals surface area contributed by atoms with Crippen LogP contribution >= 0.6 is 0 Å². The SMILES string of the molecule is CCCNCc1cnccc1-n1cc(C)cn1. The second-order valence-corrected chi connectivity index (χ2v) is 4.14. The van der Waals surface area contributed by atoms with Gasteiger partial charge in [0.2, 0.25) is 0 Å². The van der Waals surface area contributed by atoms with E-state index >= 15 is 0 Å². The average Bonchev–Trinajstić information content (AvgIpc) is 2.77. The Labute approximate surface area is 102 Å². The van der Waals surface area contributed by atoms with Crippen molar-refractivity contribution in [2.75, 3.05) is 6.54 Å². The molecule has 90 valence electrons. The third-order valence-electron chi connectivity index (χ3n) is 2.58. The van der Waals surface area contributed by atoms with Gasteiger partial charge in [0, 0.05) is 30.7 Å². The first-order valence-corrected chi connectivity index (χ1v) is 5.96. The van der Waals surface area contributed by atoms with Crippen LogP contribution in [0.4, 0.5) is 0 Å². The molecule has 0 saturated carbocycles. The van der Waals surface area contributed by atoms with Gasteiger partial charge in [-0.3, -0.25) is 4.98 Å². The van der Waals surface area contributed by atoms with Crippen molar-refractivity contribution in [1.29, 1.82) is 0 Å². The van der Waals surface area contributed by atoms with E-state index in [1.807, 2.05) is 36.3 Å². The summed E-state index contributed by atoms with van der Waals surface area (Å²) < 4.78 is 1.90. The predicted octanol–water partition coefficient (Wildman–Crippen LogP) is 2.08. The lowest BCUT2D eigenvalue weighted by atomic mass is 10.2. The summed E-state index contributed by atoms with van der Waals surface area (Å²) in [4.78, 5) is 4.18. The zero-order chi connectivity index (χ0) is 12.1. The summed E-state index contributed by atoms with van der Waals surface area (Å²) >= 11 is 0. The van der Waals surface area contributed by atoms with Crippen LogP contribution in [0.5, 0.6) is 0 Å². The molecule has 0 aliphatic carbocycles. The Kier molecular flexibility index (Phi) is 3.88. The molecule has 0 atom stereocenters. The van der Waals surface area contributed by atoms with Gasteiger partial charge in [0.05, 0.1) is 11.9 Å². The molecule has 0 spiro atoms. The first kappa shape index (κ1) is 11.8. The molecule has 0 bridgehead atoms. The molecule has 0 radical (unpaired) electrons. The van der Waals surface area contributed by atoms with Gasteiger partial charge in [-0.1, -0.05) is 6.92 Å². The number of hydrogen-bond donors (Lipinski definition) is 1. The second-order valence-electron chi connectivity index (χ2n) is 4.14. The van der Waals surface area contributed by atoms with Crippen molar-refractivity contribution in [3.63, 3.8) is 0 Å². The van der Waals surface area contributed by atoms with E-state index in [9.17, 15) is 0 Å². The van der Waals surface area contributed by atoms with Crippen molar-refractivity contribution in [1.82, 2.24) is 20.1 Å². The molecule has 2 heterocycles. The minimum absolute atomic E-state index is 0.829. The van der Waals surface area contributed by atoms with Crippen LogP contribution < -0.4 is 5.32 Å². The highest BCUT2D eigenvalue weighted by Gasteiger charge is 2.04. The number of hydrogen-bond acceptors (Lipinski definition) is 3. The van der Waals surface area contributed by atoms with Crippen molar-refractivity contribution in [3.05, 3.63) is 42.0 Å². The highest BCUT2D eigenvalue weighted by atomic mass is 15.3. The Morgan fingerprint density at radius 2 is 2.24 bits per heavy atom. The Morgan fingerprint density at radius 3 is 2.94 bits per heavy atom. The zero-order valence-corrected chi connectivity index (χ0v) is 10.3. The van der Waals surface area contributed by atoms with Gasteiger partial charge in [-0.25, -0.2) is 4.68 Å². The quantitative estimate of drug-likeness (QED) is 0.800. The third kappa shape index (κ3) is 2.91. The summed E-state index contributed by atoms with van der Waals surface area (Å²) in [7, 11) is 0. The monoisotopic (exact) mass is 230 g/mol. The van der Waals surface area contributed by atoms with Crippen molar-refractivity contribution in [2.24, 2.45) is 0 Å². The van der Waals surface area contributed by atoms with Gasteiger partial charge in [-0.15, -0.1) is 0 Å². The van der Waals surface area contributed by atoms with Gasteiger partial charge < -0.3 is 5.32 Å². The molecule has 0 aliphatic heterocycles. The summed E-state index contributed by atoms with van der Waals surface area (Å²) in [6.07, 6.45) is 8.73. The Hall–Kier alpha value is -1.68. The molecule has 0 saturated heterocycles. The number of nitrogens with zero attached hydrogens (tertiary/aromatic N) is 3. The fourth-order valence-electron chi connectivity index (χ4n) is 1.72. The van der Waals surface area contributed by atoms with Crippen molar-refractivity contribution >= 4 is 0 Å². The summed E-state index contributed by atoms with van der Waals surface area (Å²) in [5, 5.41) is 7.72. The van der Waals surface area contributed by atoms with Crippen molar-refractivity contribution in [2.45, 2.75) is 26.8 Å². The van der Waals surface area contributed by atoms with Crippen LogP contribution in [0.1, 0.15) is 24.5 Å². The summed E-state index contributed by atoms with van der Waals surface area (Å²) in [5.41, 5.74) is 3.43. The van der Waals surface area contributed by atoms with Gasteiger partial charge >= 0.3 is 0 Å². The largest absolute Gasteiger partial charge is 0.313 e. The standard InChI is InChI=1S/C13H18N4/c1-3-5-14-8-12-9-15-6-4-13(12)17-10-11(2)7-16-17/h4,6-7,9-10,14H,3,5,8H2,1-2H3. The Balaban J connectivity index is 2.21. The molecule has 17 heavy (non-hydrogen) atoms. The predicted molar refractivity (Wildman–Crippen MR) is 68.1 cm³/mol. The molecule has 1 N–H and O–H groups in total. The molecule has 4 nitrogen and oxygen atoms in total. The first-order chi connectivity index (χ1) is 8.31. The second kappa shape index (κ2) is 5.59. The minimum atomic E-state index is 0.829. The van der Waals surface area contributed by atoms with Crippen LogP contribution in [0.15, 0.2) is 30.9 Å². The first-order valence-electron chi connectivity index (χ1n) is 5.96. The normalized spacial score (nSPS) is 10.7. The fraction of sp³-hybridized carbons (Fsp3) is 0.385. The third-order valence-corrected chi connectivity index (χ3v) is 2.58. The van der Waals surface area contributed by atoms with Crippen LogP contribution in [-0.2, 0) is 6.54 Å². The molecule has 2 rings (SSSR count). The van der Waals surface area contributed by atoms with Crippen LogP contribution in [0.2, 0.25) is 0 Å².